The van der Waals surface area contributed by atoms with E-state index in [0.717, 1.165) is 10.8 Å². The van der Waals surface area contributed by atoms with Gasteiger partial charge in [0.2, 0.25) is 5.82 Å². The molecular weight excluding hydrogens is 203 g/mol. The van der Waals surface area contributed by atoms with E-state index in [4.69, 9.17) is 4.74 Å². The fourth-order valence-corrected chi connectivity index (χ4v) is 0.978. The maximum Gasteiger partial charge on any atom is 0.328 e. The summed E-state index contributed by atoms with van der Waals surface area (Å²) in [4.78, 5) is 23.7. The highest BCUT2D eigenvalue weighted by atomic mass is 19.1. The fourth-order valence-electron chi connectivity index (χ4n) is 0.978. The number of nitrogens with zero attached hydrogens (tertiary/aromatic N) is 1. The number of ether oxygens (including phenoxy) is 1. The Kier molecular flexibility index (Phi) is 3.99. The molecule has 1 aromatic heterocycles. The summed E-state index contributed by atoms with van der Waals surface area (Å²) in [7, 11) is 0. The Labute approximate surface area is 84.8 Å². The summed E-state index contributed by atoms with van der Waals surface area (Å²) >= 11 is 0. The molecule has 6 heteroatoms. The molecule has 0 amide bonds. The maximum absolute atomic E-state index is 12.8. The van der Waals surface area contributed by atoms with Crippen molar-refractivity contribution in [3.8, 4) is 0 Å². The Morgan fingerprint density at radius 2 is 2.33 bits per heavy atom. The summed E-state index contributed by atoms with van der Waals surface area (Å²) in [5.41, 5.74) is -1.66. The van der Waals surface area contributed by atoms with Crippen LogP contribution in [0.1, 0.15) is 0 Å². The van der Waals surface area contributed by atoms with E-state index in [1.165, 1.54) is 0 Å². The molecule has 0 aromatic carbocycles. The zero-order chi connectivity index (χ0) is 11.3. The van der Waals surface area contributed by atoms with Crippen LogP contribution in [-0.2, 0) is 11.3 Å². The highest BCUT2D eigenvalue weighted by Crippen LogP contribution is 1.85. The molecule has 15 heavy (non-hydrogen) atoms. The van der Waals surface area contributed by atoms with E-state index in [1.54, 1.807) is 6.08 Å². The van der Waals surface area contributed by atoms with Crippen LogP contribution in [-0.4, -0.2) is 22.8 Å². The summed E-state index contributed by atoms with van der Waals surface area (Å²) < 4.78 is 18.8. The van der Waals surface area contributed by atoms with Crippen LogP contribution in [0.4, 0.5) is 4.39 Å². The number of nitrogens with one attached hydrogen (secondary N) is 1. The third-order valence-electron chi connectivity index (χ3n) is 1.68. The fraction of sp³-hybridized carbons (Fsp3) is 0.333. The van der Waals surface area contributed by atoms with Gasteiger partial charge < -0.3 is 4.74 Å². The van der Waals surface area contributed by atoms with Gasteiger partial charge in [-0.1, -0.05) is 6.08 Å². The Balaban J connectivity index is 2.69. The Morgan fingerprint density at radius 3 is 3.00 bits per heavy atom. The van der Waals surface area contributed by atoms with Gasteiger partial charge in [0.1, 0.15) is 0 Å². The van der Waals surface area contributed by atoms with Crippen molar-refractivity contribution in [1.29, 1.82) is 0 Å². The van der Waals surface area contributed by atoms with Crippen LogP contribution in [0.5, 0.6) is 0 Å². The van der Waals surface area contributed by atoms with Gasteiger partial charge in [0, 0.05) is 0 Å². The van der Waals surface area contributed by atoms with E-state index in [0.29, 0.717) is 6.61 Å². The Hall–Kier alpha value is -1.69. The van der Waals surface area contributed by atoms with Crippen molar-refractivity contribution < 1.29 is 9.13 Å². The van der Waals surface area contributed by atoms with E-state index < -0.39 is 17.1 Å². The second-order valence-electron chi connectivity index (χ2n) is 2.79. The normalized spacial score (nSPS) is 10.2. The highest BCUT2D eigenvalue weighted by Gasteiger charge is 2.02. The summed E-state index contributed by atoms with van der Waals surface area (Å²) in [6.45, 7) is 4.24. The van der Waals surface area contributed by atoms with Crippen LogP contribution in [0.15, 0.2) is 28.4 Å². The molecule has 0 spiro atoms. The lowest BCUT2D eigenvalue weighted by atomic mass is 10.5. The van der Waals surface area contributed by atoms with Gasteiger partial charge in [0.05, 0.1) is 26.0 Å². The van der Waals surface area contributed by atoms with Crippen LogP contribution in [0.25, 0.3) is 0 Å². The first kappa shape index (κ1) is 11.4. The Bertz CT molecular complexity index is 449. The number of halogens is 1. The van der Waals surface area contributed by atoms with Gasteiger partial charge in [-0.15, -0.1) is 6.58 Å². The number of hydrogen-bond donors (Lipinski definition) is 1. The molecule has 1 N–H and O–H groups in total. The largest absolute Gasteiger partial charge is 0.376 e. The molecule has 1 rings (SSSR count). The molecule has 0 unspecified atom stereocenters. The molecule has 0 saturated carbocycles. The number of H-pyrrole nitrogens is 1. The first-order chi connectivity index (χ1) is 7.15. The van der Waals surface area contributed by atoms with Gasteiger partial charge in [-0.25, -0.2) is 4.79 Å². The number of hydrogen-bond acceptors (Lipinski definition) is 3. The van der Waals surface area contributed by atoms with Crippen molar-refractivity contribution in [3.63, 3.8) is 0 Å². The molecule has 1 heterocycles. The summed E-state index contributed by atoms with van der Waals surface area (Å²) in [5.74, 6) is -0.988. The molecule has 0 bridgehead atoms. The molecule has 0 aliphatic heterocycles. The minimum absolute atomic E-state index is 0.181. The number of rotatable bonds is 5. The minimum atomic E-state index is -1.01. The minimum Gasteiger partial charge on any atom is -0.376 e. The van der Waals surface area contributed by atoms with Gasteiger partial charge >= 0.3 is 5.69 Å². The molecule has 82 valence electrons. The first-order valence-electron chi connectivity index (χ1n) is 4.33. The number of aromatic nitrogens is 2. The van der Waals surface area contributed by atoms with Crippen LogP contribution in [0, 0.1) is 5.82 Å². The van der Waals surface area contributed by atoms with Gasteiger partial charge in [-0.05, 0) is 0 Å². The average Bonchev–Trinajstić information content (AvgIpc) is 2.20. The van der Waals surface area contributed by atoms with Crippen molar-refractivity contribution in [3.05, 3.63) is 45.5 Å². The number of aromatic amines is 1. The van der Waals surface area contributed by atoms with E-state index in [1.807, 2.05) is 4.98 Å². The van der Waals surface area contributed by atoms with Gasteiger partial charge in [0.25, 0.3) is 5.56 Å². The standard InChI is InChI=1S/C9H11FN2O3/c1-2-4-15-5-3-12-6-7(10)8(13)11-9(12)14/h2,6H,1,3-5H2,(H,11,13,14). The zero-order valence-electron chi connectivity index (χ0n) is 8.03. The maximum atomic E-state index is 12.8. The van der Waals surface area contributed by atoms with E-state index in [9.17, 15) is 14.0 Å². The average molecular weight is 214 g/mol. The van der Waals surface area contributed by atoms with Crippen LogP contribution in [0.3, 0.4) is 0 Å². The highest BCUT2D eigenvalue weighted by molar-refractivity contribution is 4.86. The van der Waals surface area contributed by atoms with Gasteiger partial charge in [-0.2, -0.15) is 4.39 Å². The van der Waals surface area contributed by atoms with Gasteiger partial charge in [0.15, 0.2) is 0 Å². The van der Waals surface area contributed by atoms with Crippen molar-refractivity contribution in [2.24, 2.45) is 0 Å². The quantitative estimate of drug-likeness (QED) is 0.549. The lowest BCUT2D eigenvalue weighted by molar-refractivity contribution is 0.151. The lowest BCUT2D eigenvalue weighted by Crippen LogP contribution is -2.32. The molecule has 0 aliphatic carbocycles. The molecule has 0 fully saturated rings. The van der Waals surface area contributed by atoms with Crippen LogP contribution < -0.4 is 11.2 Å². The van der Waals surface area contributed by atoms with E-state index >= 15 is 0 Å². The van der Waals surface area contributed by atoms with Crippen molar-refractivity contribution in [2.75, 3.05) is 13.2 Å². The molecular formula is C9H11FN2O3. The second-order valence-corrected chi connectivity index (χ2v) is 2.79. The second kappa shape index (κ2) is 5.26. The molecule has 5 nitrogen and oxygen atoms in total. The van der Waals surface area contributed by atoms with E-state index in [2.05, 4.69) is 6.58 Å². The lowest BCUT2D eigenvalue weighted by Gasteiger charge is -2.04. The monoisotopic (exact) mass is 214 g/mol. The SMILES string of the molecule is C=CCOCCn1cc(F)c(=O)[nH]c1=O. The van der Waals surface area contributed by atoms with Crippen molar-refractivity contribution in [1.82, 2.24) is 9.55 Å². The smallest absolute Gasteiger partial charge is 0.328 e. The molecule has 0 atom stereocenters. The summed E-state index contributed by atoms with van der Waals surface area (Å²) in [5, 5.41) is 0. The first-order valence-corrected chi connectivity index (χ1v) is 4.33. The summed E-state index contributed by atoms with van der Waals surface area (Å²) in [6.07, 6.45) is 2.43. The molecule has 0 saturated heterocycles. The molecule has 0 radical (unpaired) electrons. The van der Waals surface area contributed by atoms with Crippen LogP contribution in [0.2, 0.25) is 0 Å². The zero-order valence-corrected chi connectivity index (χ0v) is 8.03. The third kappa shape index (κ3) is 3.17. The van der Waals surface area contributed by atoms with Crippen molar-refractivity contribution in [2.45, 2.75) is 6.54 Å². The predicted octanol–water partition coefficient (Wildman–Crippen LogP) is -0.122. The summed E-state index contributed by atoms with van der Waals surface area (Å²) in [6, 6.07) is 0. The van der Waals surface area contributed by atoms with E-state index in [-0.39, 0.29) is 13.2 Å². The van der Waals surface area contributed by atoms with Crippen molar-refractivity contribution >= 4 is 0 Å². The van der Waals surface area contributed by atoms with Gasteiger partial charge in [-0.3, -0.25) is 14.3 Å². The molecule has 1 aromatic rings. The third-order valence-corrected chi connectivity index (χ3v) is 1.68. The van der Waals surface area contributed by atoms with Crippen LogP contribution >= 0.6 is 0 Å². The Morgan fingerprint density at radius 1 is 1.60 bits per heavy atom. The topological polar surface area (TPSA) is 64.1 Å². The molecule has 0 aliphatic rings. The predicted molar refractivity (Wildman–Crippen MR) is 52.3 cm³/mol.